The second-order valence-corrected chi connectivity index (χ2v) is 6.28. The quantitative estimate of drug-likeness (QED) is 0.478. The molecule has 0 atom stereocenters. The summed E-state index contributed by atoms with van der Waals surface area (Å²) in [7, 11) is 0. The van der Waals surface area contributed by atoms with Crippen LogP contribution in [0.25, 0.3) is 0 Å². The standard InChI is InChI=1S/C20H23NO2.Li/c1-15(19(22)23-20(2,3)4)21-18(16-11-7-5-8-12-16)17-13-9-6-10-14-17;/h5-14,22H,1-4H3;/q;+1/p-1/b19-15+;. The van der Waals surface area contributed by atoms with Crippen LogP contribution in [0.1, 0.15) is 38.8 Å². The van der Waals surface area contributed by atoms with Crippen LogP contribution in [0.5, 0.6) is 0 Å². The SMILES string of the molecule is C/C(N=C(c1ccccc1)c1ccccc1)=C(/[O-])OC(C)(C)C.[Li+]. The van der Waals surface area contributed by atoms with Crippen LogP contribution in [0, 0.1) is 0 Å². The first-order valence-corrected chi connectivity index (χ1v) is 7.63. The Morgan fingerprint density at radius 2 is 1.29 bits per heavy atom. The zero-order chi connectivity index (χ0) is 16.9. The van der Waals surface area contributed by atoms with Crippen LogP contribution in [0.4, 0.5) is 0 Å². The van der Waals surface area contributed by atoms with E-state index < -0.39 is 11.5 Å². The third kappa shape index (κ3) is 5.92. The molecular formula is C20H22LiNO2. The Bertz CT molecular complexity index is 660. The van der Waals surface area contributed by atoms with Crippen LogP contribution in [0.3, 0.4) is 0 Å². The number of allylic oxidation sites excluding steroid dienone is 1. The molecule has 0 unspecified atom stereocenters. The van der Waals surface area contributed by atoms with Gasteiger partial charge in [-0.1, -0.05) is 81.4 Å². The van der Waals surface area contributed by atoms with Gasteiger partial charge in [0.15, 0.2) is 0 Å². The molecule has 0 aliphatic rings. The van der Waals surface area contributed by atoms with Crippen molar-refractivity contribution in [1.29, 1.82) is 0 Å². The van der Waals surface area contributed by atoms with Gasteiger partial charge in [-0.2, -0.15) is 0 Å². The first-order valence-electron chi connectivity index (χ1n) is 7.63. The average molecular weight is 315 g/mol. The molecule has 0 N–H and O–H groups in total. The number of aliphatic imine (C=N–C) groups is 1. The number of rotatable bonds is 4. The molecule has 0 radical (unpaired) electrons. The minimum atomic E-state index is -0.534. The summed E-state index contributed by atoms with van der Waals surface area (Å²) in [5, 5.41) is 12.2. The van der Waals surface area contributed by atoms with Gasteiger partial charge in [0.25, 0.3) is 0 Å². The molecule has 0 aromatic heterocycles. The Morgan fingerprint density at radius 3 is 1.67 bits per heavy atom. The molecule has 24 heavy (non-hydrogen) atoms. The Hall–Kier alpha value is -1.95. The first-order chi connectivity index (χ1) is 10.9. The van der Waals surface area contributed by atoms with E-state index in [1.165, 1.54) is 0 Å². The van der Waals surface area contributed by atoms with Gasteiger partial charge in [0.05, 0.1) is 17.4 Å². The Balaban J connectivity index is 0.00000288. The fourth-order valence-corrected chi connectivity index (χ4v) is 2.05. The topological polar surface area (TPSA) is 44.7 Å². The van der Waals surface area contributed by atoms with Gasteiger partial charge in [-0.05, 0) is 6.92 Å². The van der Waals surface area contributed by atoms with E-state index in [-0.39, 0.29) is 18.9 Å². The molecule has 4 heteroatoms. The summed E-state index contributed by atoms with van der Waals surface area (Å²) in [6.45, 7) is 7.21. The molecule has 0 saturated carbocycles. The van der Waals surface area contributed by atoms with Gasteiger partial charge >= 0.3 is 18.9 Å². The van der Waals surface area contributed by atoms with E-state index >= 15 is 0 Å². The number of ether oxygens (including phenoxy) is 1. The van der Waals surface area contributed by atoms with E-state index in [0.717, 1.165) is 16.8 Å². The molecule has 2 aromatic carbocycles. The van der Waals surface area contributed by atoms with E-state index in [4.69, 9.17) is 4.74 Å². The number of benzene rings is 2. The van der Waals surface area contributed by atoms with Crippen LogP contribution < -0.4 is 24.0 Å². The first kappa shape index (κ1) is 20.1. The van der Waals surface area contributed by atoms with Crippen molar-refractivity contribution in [2.75, 3.05) is 0 Å². The van der Waals surface area contributed by atoms with Crippen LogP contribution in [-0.2, 0) is 4.74 Å². The number of nitrogens with zero attached hydrogens (tertiary/aromatic N) is 1. The number of hydrogen-bond acceptors (Lipinski definition) is 3. The Morgan fingerprint density at radius 1 is 0.875 bits per heavy atom. The van der Waals surface area contributed by atoms with Crippen molar-refractivity contribution >= 4 is 5.71 Å². The molecule has 0 saturated heterocycles. The second kappa shape index (κ2) is 8.78. The maximum absolute atomic E-state index is 12.2. The summed E-state index contributed by atoms with van der Waals surface area (Å²) >= 11 is 0. The smallest absolute Gasteiger partial charge is 0.606 e. The largest absolute Gasteiger partial charge is 1.00 e. The third-order valence-electron chi connectivity index (χ3n) is 3.07. The normalized spacial score (nSPS) is 11.8. The zero-order valence-electron chi connectivity index (χ0n) is 15.0. The summed E-state index contributed by atoms with van der Waals surface area (Å²) < 4.78 is 5.39. The van der Waals surface area contributed by atoms with Crippen molar-refractivity contribution in [1.82, 2.24) is 0 Å². The van der Waals surface area contributed by atoms with Crippen LogP contribution >= 0.6 is 0 Å². The molecule has 0 amide bonds. The van der Waals surface area contributed by atoms with E-state index in [9.17, 15) is 5.11 Å². The second-order valence-electron chi connectivity index (χ2n) is 6.28. The zero-order valence-corrected chi connectivity index (χ0v) is 15.0. The molecule has 0 fully saturated rings. The van der Waals surface area contributed by atoms with Gasteiger partial charge in [0, 0.05) is 16.7 Å². The summed E-state index contributed by atoms with van der Waals surface area (Å²) in [5.41, 5.74) is 2.48. The van der Waals surface area contributed by atoms with Crippen LogP contribution in [0.2, 0.25) is 0 Å². The third-order valence-corrected chi connectivity index (χ3v) is 3.07. The molecule has 2 rings (SSSR count). The molecule has 120 valence electrons. The minimum Gasteiger partial charge on any atom is -0.606 e. The average Bonchev–Trinajstić information content (AvgIpc) is 2.52. The fraction of sp³-hybridized carbons (Fsp3) is 0.250. The van der Waals surface area contributed by atoms with Crippen molar-refractivity contribution in [2.24, 2.45) is 4.99 Å². The maximum atomic E-state index is 12.2. The van der Waals surface area contributed by atoms with E-state index in [1.54, 1.807) is 6.92 Å². The maximum Gasteiger partial charge on any atom is 1.00 e. The van der Waals surface area contributed by atoms with Gasteiger partial charge in [-0.3, -0.25) is 4.99 Å². The van der Waals surface area contributed by atoms with Gasteiger partial charge < -0.3 is 9.84 Å². The van der Waals surface area contributed by atoms with Crippen molar-refractivity contribution in [2.45, 2.75) is 33.3 Å². The molecular weight excluding hydrogens is 293 g/mol. The fourth-order valence-electron chi connectivity index (χ4n) is 2.05. The summed E-state index contributed by atoms with van der Waals surface area (Å²) in [4.78, 5) is 4.56. The van der Waals surface area contributed by atoms with Crippen molar-refractivity contribution in [3.05, 3.63) is 83.4 Å². The van der Waals surface area contributed by atoms with Gasteiger partial charge in [0.2, 0.25) is 0 Å². The molecule has 0 aliphatic heterocycles. The predicted molar refractivity (Wildman–Crippen MR) is 92.1 cm³/mol. The van der Waals surface area contributed by atoms with Crippen molar-refractivity contribution < 1.29 is 28.7 Å². The van der Waals surface area contributed by atoms with Crippen molar-refractivity contribution in [3.8, 4) is 0 Å². The number of hydrogen-bond donors (Lipinski definition) is 0. The Kier molecular flexibility index (Phi) is 7.35. The molecule has 3 nitrogen and oxygen atoms in total. The van der Waals surface area contributed by atoms with Crippen LogP contribution in [0.15, 0.2) is 77.3 Å². The molecule has 0 aliphatic carbocycles. The summed E-state index contributed by atoms with van der Waals surface area (Å²) in [6, 6.07) is 19.7. The van der Waals surface area contributed by atoms with Gasteiger partial charge in [0.1, 0.15) is 0 Å². The minimum absolute atomic E-state index is 0. The molecule has 0 bridgehead atoms. The van der Waals surface area contributed by atoms with E-state index in [0.29, 0.717) is 5.70 Å². The molecule has 0 heterocycles. The molecule has 0 spiro atoms. The monoisotopic (exact) mass is 315 g/mol. The predicted octanol–water partition coefficient (Wildman–Crippen LogP) is 0.892. The van der Waals surface area contributed by atoms with Gasteiger partial charge in [-0.25, -0.2) is 0 Å². The Labute approximate surface area is 156 Å². The summed E-state index contributed by atoms with van der Waals surface area (Å²) in [6.07, 6.45) is 0. The van der Waals surface area contributed by atoms with E-state index in [1.807, 2.05) is 81.4 Å². The van der Waals surface area contributed by atoms with Crippen molar-refractivity contribution in [3.63, 3.8) is 0 Å². The van der Waals surface area contributed by atoms with Gasteiger partial charge in [-0.15, -0.1) is 0 Å². The molecule has 2 aromatic rings. The summed E-state index contributed by atoms with van der Waals surface area (Å²) in [5.74, 6) is -0.401. The van der Waals surface area contributed by atoms with E-state index in [2.05, 4.69) is 4.99 Å². The van der Waals surface area contributed by atoms with Crippen LogP contribution in [-0.4, -0.2) is 11.3 Å².